The monoisotopic (exact) mass is 192 g/mol. The molecule has 0 radical (unpaired) electrons. The molecule has 0 bridgehead atoms. The summed E-state index contributed by atoms with van der Waals surface area (Å²) in [6.07, 6.45) is 0. The minimum absolute atomic E-state index is 0.453. The van der Waals surface area contributed by atoms with Gasteiger partial charge in [0.25, 0.3) is 0 Å². The second-order valence-corrected chi connectivity index (χ2v) is 3.05. The summed E-state index contributed by atoms with van der Waals surface area (Å²) in [6.45, 7) is 0. The van der Waals surface area contributed by atoms with Gasteiger partial charge in [-0.05, 0) is 0 Å². The molecule has 0 aromatic heterocycles. The van der Waals surface area contributed by atoms with E-state index in [1.54, 1.807) is 0 Å². The van der Waals surface area contributed by atoms with Gasteiger partial charge in [0.2, 0.25) is 0 Å². The number of esters is 2. The first-order chi connectivity index (χ1) is 5.63. The fourth-order valence-electron chi connectivity index (χ4n) is 1.10. The van der Waals surface area contributed by atoms with Crippen molar-refractivity contribution >= 4 is 23.5 Å². The molecular weight excluding hydrogens is 184 g/mol. The Morgan fingerprint density at radius 3 is 1.67 bits per heavy atom. The number of ether oxygens (including phenoxy) is 2. The van der Waals surface area contributed by atoms with Crippen LogP contribution >= 0.6 is 11.6 Å². The maximum absolute atomic E-state index is 10.9. The van der Waals surface area contributed by atoms with E-state index in [-0.39, 0.29) is 0 Å². The zero-order valence-corrected chi connectivity index (χ0v) is 7.50. The van der Waals surface area contributed by atoms with Crippen LogP contribution in [0.5, 0.6) is 0 Å². The van der Waals surface area contributed by atoms with Crippen molar-refractivity contribution in [2.75, 3.05) is 14.2 Å². The lowest BCUT2D eigenvalue weighted by molar-refractivity contribution is -0.148. The Morgan fingerprint density at radius 2 is 1.42 bits per heavy atom. The minimum Gasteiger partial charge on any atom is -0.469 e. The minimum atomic E-state index is -0.524. The summed E-state index contributed by atoms with van der Waals surface area (Å²) < 4.78 is 8.88. The zero-order chi connectivity index (χ0) is 9.30. The molecule has 0 aliphatic heterocycles. The SMILES string of the molecule is COC(=O)C1C(Cl)C1C(=O)OC. The van der Waals surface area contributed by atoms with Crippen LogP contribution in [0.2, 0.25) is 0 Å². The van der Waals surface area contributed by atoms with Gasteiger partial charge in [0.15, 0.2) is 0 Å². The third-order valence-corrected chi connectivity index (χ3v) is 2.42. The third kappa shape index (κ3) is 1.39. The van der Waals surface area contributed by atoms with Crippen molar-refractivity contribution in [3.05, 3.63) is 0 Å². The molecule has 0 spiro atoms. The van der Waals surface area contributed by atoms with Crippen molar-refractivity contribution in [2.45, 2.75) is 5.38 Å². The predicted octanol–water partition coefficient (Wildman–Crippen LogP) is 0.186. The van der Waals surface area contributed by atoms with Crippen LogP contribution in [0.25, 0.3) is 0 Å². The van der Waals surface area contributed by atoms with Gasteiger partial charge in [-0.2, -0.15) is 0 Å². The van der Waals surface area contributed by atoms with Gasteiger partial charge >= 0.3 is 11.9 Å². The van der Waals surface area contributed by atoms with Crippen molar-refractivity contribution < 1.29 is 19.1 Å². The normalized spacial score (nSPS) is 32.4. The zero-order valence-electron chi connectivity index (χ0n) is 6.74. The summed E-state index contributed by atoms with van der Waals surface area (Å²) in [5.74, 6) is -1.95. The molecular formula is C7H9ClO4. The molecule has 0 heterocycles. The number of carbonyl (C=O) groups excluding carboxylic acids is 2. The summed E-state index contributed by atoms with van der Waals surface area (Å²) in [5.41, 5.74) is 0. The van der Waals surface area contributed by atoms with Crippen molar-refractivity contribution in [2.24, 2.45) is 11.8 Å². The molecule has 4 nitrogen and oxygen atoms in total. The fourth-order valence-corrected chi connectivity index (χ4v) is 1.53. The molecule has 1 aliphatic rings. The van der Waals surface area contributed by atoms with Crippen molar-refractivity contribution in [3.8, 4) is 0 Å². The molecule has 0 aromatic rings. The van der Waals surface area contributed by atoms with E-state index in [1.807, 2.05) is 0 Å². The maximum atomic E-state index is 10.9. The van der Waals surface area contributed by atoms with Gasteiger partial charge < -0.3 is 9.47 Å². The van der Waals surface area contributed by atoms with Gasteiger partial charge in [0, 0.05) is 0 Å². The average Bonchev–Trinajstić information content (AvgIpc) is 2.74. The van der Waals surface area contributed by atoms with E-state index in [2.05, 4.69) is 9.47 Å². The van der Waals surface area contributed by atoms with E-state index >= 15 is 0 Å². The number of halogens is 1. The molecule has 2 atom stereocenters. The van der Waals surface area contributed by atoms with Crippen LogP contribution in [0.15, 0.2) is 0 Å². The van der Waals surface area contributed by atoms with Crippen molar-refractivity contribution in [3.63, 3.8) is 0 Å². The van der Waals surface area contributed by atoms with E-state index in [1.165, 1.54) is 14.2 Å². The maximum Gasteiger partial charge on any atom is 0.311 e. The summed E-state index contributed by atoms with van der Waals surface area (Å²) in [6, 6.07) is 0. The van der Waals surface area contributed by atoms with E-state index in [0.29, 0.717) is 0 Å². The summed E-state index contributed by atoms with van der Waals surface area (Å²) in [7, 11) is 2.53. The molecule has 2 unspecified atom stereocenters. The van der Waals surface area contributed by atoms with E-state index < -0.39 is 29.2 Å². The molecule has 1 saturated carbocycles. The summed E-state index contributed by atoms with van der Waals surface area (Å²) in [5, 5.41) is -0.468. The lowest BCUT2D eigenvalue weighted by Gasteiger charge is -1.95. The van der Waals surface area contributed by atoms with Crippen LogP contribution in [0, 0.1) is 11.8 Å². The number of hydrogen-bond acceptors (Lipinski definition) is 4. The molecule has 1 aliphatic carbocycles. The number of hydrogen-bond donors (Lipinski definition) is 0. The molecule has 0 saturated heterocycles. The number of alkyl halides is 1. The van der Waals surface area contributed by atoms with Crippen LogP contribution < -0.4 is 0 Å². The topological polar surface area (TPSA) is 52.6 Å². The molecule has 1 rings (SSSR count). The Hall–Kier alpha value is -0.770. The van der Waals surface area contributed by atoms with Crippen LogP contribution in [-0.2, 0) is 19.1 Å². The summed E-state index contributed by atoms with van der Waals surface area (Å²) in [4.78, 5) is 21.8. The van der Waals surface area contributed by atoms with Crippen LogP contribution in [0.3, 0.4) is 0 Å². The fraction of sp³-hybridized carbons (Fsp3) is 0.714. The predicted molar refractivity (Wildman–Crippen MR) is 40.7 cm³/mol. The lowest BCUT2D eigenvalue weighted by atomic mass is 10.3. The molecule has 0 N–H and O–H groups in total. The molecule has 5 heteroatoms. The molecule has 1 fully saturated rings. The van der Waals surface area contributed by atoms with Crippen LogP contribution in [-0.4, -0.2) is 31.5 Å². The van der Waals surface area contributed by atoms with E-state index in [0.717, 1.165) is 0 Å². The van der Waals surface area contributed by atoms with Crippen LogP contribution in [0.4, 0.5) is 0 Å². The molecule has 0 amide bonds. The average molecular weight is 193 g/mol. The Labute approximate surface area is 74.8 Å². The molecule has 12 heavy (non-hydrogen) atoms. The van der Waals surface area contributed by atoms with E-state index in [9.17, 15) is 9.59 Å². The Kier molecular flexibility index (Phi) is 2.57. The van der Waals surface area contributed by atoms with Gasteiger partial charge in [-0.1, -0.05) is 0 Å². The largest absolute Gasteiger partial charge is 0.469 e. The van der Waals surface area contributed by atoms with E-state index in [4.69, 9.17) is 11.6 Å². The van der Waals surface area contributed by atoms with Gasteiger partial charge in [-0.25, -0.2) is 0 Å². The van der Waals surface area contributed by atoms with Gasteiger partial charge in [-0.15, -0.1) is 11.6 Å². The highest BCUT2D eigenvalue weighted by Gasteiger charge is 2.60. The third-order valence-electron chi connectivity index (χ3n) is 1.88. The second kappa shape index (κ2) is 3.31. The number of rotatable bonds is 2. The highest BCUT2D eigenvalue weighted by Crippen LogP contribution is 2.45. The standard InChI is InChI=1S/C7H9ClO4/c1-11-6(9)3-4(5(3)8)7(10)12-2/h3-5H,1-2H3. The first kappa shape index (κ1) is 9.32. The van der Waals surface area contributed by atoms with Gasteiger partial charge in [-0.3, -0.25) is 9.59 Å². The van der Waals surface area contributed by atoms with Crippen molar-refractivity contribution in [1.82, 2.24) is 0 Å². The highest BCUT2D eigenvalue weighted by atomic mass is 35.5. The quantitative estimate of drug-likeness (QED) is 0.463. The highest BCUT2D eigenvalue weighted by molar-refractivity contribution is 6.27. The molecule has 0 aromatic carbocycles. The first-order valence-electron chi connectivity index (χ1n) is 3.43. The van der Waals surface area contributed by atoms with Gasteiger partial charge in [0.05, 0.1) is 31.4 Å². The molecule has 68 valence electrons. The first-order valence-corrected chi connectivity index (χ1v) is 3.86. The Morgan fingerprint density at radius 1 is 1.08 bits per heavy atom. The van der Waals surface area contributed by atoms with Crippen molar-refractivity contribution in [1.29, 1.82) is 0 Å². The lowest BCUT2D eigenvalue weighted by Crippen LogP contribution is -2.10. The van der Waals surface area contributed by atoms with Crippen LogP contribution in [0.1, 0.15) is 0 Å². The number of methoxy groups -OCH3 is 2. The number of carbonyl (C=O) groups is 2. The Balaban J connectivity index is 2.53. The smallest absolute Gasteiger partial charge is 0.311 e. The summed E-state index contributed by atoms with van der Waals surface area (Å²) >= 11 is 5.66. The Bertz CT molecular complexity index is 193. The van der Waals surface area contributed by atoms with Gasteiger partial charge in [0.1, 0.15) is 0 Å². The second-order valence-electron chi connectivity index (χ2n) is 2.54.